The van der Waals surface area contributed by atoms with Crippen LogP contribution in [0, 0.1) is 10.1 Å². The van der Waals surface area contributed by atoms with Gasteiger partial charge in [0.1, 0.15) is 0 Å². The number of H-pyrrole nitrogens is 1. The largest absolute Gasteiger partial charge is 0.391 e. The van der Waals surface area contributed by atoms with Crippen molar-refractivity contribution in [2.45, 2.75) is 37.8 Å². The fraction of sp³-hybridized carbons (Fsp3) is 0.615. The number of nitrogens with zero attached hydrogens (tertiary/aromatic N) is 2. The van der Waals surface area contributed by atoms with Crippen LogP contribution in [0.2, 0.25) is 0 Å². The molecule has 0 radical (unpaired) electrons. The lowest BCUT2D eigenvalue weighted by molar-refractivity contribution is -0.384. The number of aliphatic hydroxyl groups excluding tert-OH is 1. The Kier molecular flexibility index (Phi) is 4.51. The van der Waals surface area contributed by atoms with Gasteiger partial charge in [0.25, 0.3) is 5.69 Å². The fourth-order valence-corrected chi connectivity index (χ4v) is 2.68. The summed E-state index contributed by atoms with van der Waals surface area (Å²) in [5.41, 5.74) is 0.113. The van der Waals surface area contributed by atoms with Crippen molar-refractivity contribution in [3.05, 3.63) is 28.1 Å². The number of rotatable bonds is 5. The second-order valence-corrected chi connectivity index (χ2v) is 5.29. The Morgan fingerprint density at radius 1 is 1.55 bits per heavy atom. The summed E-state index contributed by atoms with van der Waals surface area (Å²) < 4.78 is 0. The molecule has 0 aromatic carbocycles. The number of carbonyl (C=O) groups is 1. The van der Waals surface area contributed by atoms with Gasteiger partial charge in [0.05, 0.1) is 29.5 Å². The molecule has 1 heterocycles. The van der Waals surface area contributed by atoms with Gasteiger partial charge in [0.15, 0.2) is 5.78 Å². The Bertz CT molecular complexity index is 500. The van der Waals surface area contributed by atoms with Crippen LogP contribution in [-0.2, 0) is 0 Å². The average Bonchev–Trinajstić information content (AvgIpc) is 2.88. The molecule has 2 N–H and O–H groups in total. The van der Waals surface area contributed by atoms with E-state index in [2.05, 4.69) is 4.98 Å². The van der Waals surface area contributed by atoms with Crippen LogP contribution in [0.25, 0.3) is 0 Å². The van der Waals surface area contributed by atoms with Crippen LogP contribution in [-0.4, -0.2) is 51.4 Å². The van der Waals surface area contributed by atoms with Crippen LogP contribution in [0.5, 0.6) is 0 Å². The summed E-state index contributed by atoms with van der Waals surface area (Å²) in [5.74, 6) is -0.210. The molecule has 1 aromatic heterocycles. The summed E-state index contributed by atoms with van der Waals surface area (Å²) >= 11 is 0. The highest BCUT2D eigenvalue weighted by molar-refractivity contribution is 5.96. The molecule has 0 spiro atoms. The molecule has 0 bridgehead atoms. The molecule has 7 nitrogen and oxygen atoms in total. The first kappa shape index (κ1) is 14.7. The number of likely N-dealkylation sites (N-methyl/N-ethyl adjacent to an activating group) is 1. The lowest BCUT2D eigenvalue weighted by atomic mass is 9.91. The van der Waals surface area contributed by atoms with E-state index >= 15 is 0 Å². The van der Waals surface area contributed by atoms with Crippen LogP contribution in [0.15, 0.2) is 12.3 Å². The molecule has 2 atom stereocenters. The Morgan fingerprint density at radius 3 is 2.85 bits per heavy atom. The number of aromatic amines is 1. The van der Waals surface area contributed by atoms with Crippen LogP contribution < -0.4 is 0 Å². The predicted octanol–water partition coefficient (Wildman–Crippen LogP) is 1.34. The summed E-state index contributed by atoms with van der Waals surface area (Å²) in [5, 5.41) is 20.5. The van der Waals surface area contributed by atoms with Gasteiger partial charge < -0.3 is 10.1 Å². The summed E-state index contributed by atoms with van der Waals surface area (Å²) in [4.78, 5) is 26.6. The number of hydrogen-bond acceptors (Lipinski definition) is 5. The van der Waals surface area contributed by atoms with E-state index in [1.165, 1.54) is 12.3 Å². The Hall–Kier alpha value is -1.73. The van der Waals surface area contributed by atoms with E-state index in [1.54, 1.807) is 7.05 Å². The number of ketones is 1. The molecule has 0 saturated heterocycles. The van der Waals surface area contributed by atoms with Crippen molar-refractivity contribution in [3.8, 4) is 0 Å². The molecule has 1 aliphatic rings. The number of carbonyl (C=O) groups excluding carboxylic acids is 1. The summed E-state index contributed by atoms with van der Waals surface area (Å²) in [6.07, 6.45) is 4.51. The number of nitro groups is 1. The van der Waals surface area contributed by atoms with E-state index < -0.39 is 11.0 Å². The summed E-state index contributed by atoms with van der Waals surface area (Å²) in [6.45, 7) is 0.138. The summed E-state index contributed by atoms with van der Waals surface area (Å²) in [6, 6.07) is 1.23. The molecule has 1 aliphatic carbocycles. The van der Waals surface area contributed by atoms with Crippen molar-refractivity contribution in [1.29, 1.82) is 0 Å². The zero-order chi connectivity index (χ0) is 14.7. The van der Waals surface area contributed by atoms with Crippen LogP contribution in [0.4, 0.5) is 5.69 Å². The van der Waals surface area contributed by atoms with Gasteiger partial charge in [-0.25, -0.2) is 0 Å². The van der Waals surface area contributed by atoms with Crippen LogP contribution >= 0.6 is 0 Å². The molecule has 7 heteroatoms. The molecule has 0 amide bonds. The fourth-order valence-electron chi connectivity index (χ4n) is 2.68. The third kappa shape index (κ3) is 3.23. The van der Waals surface area contributed by atoms with Crippen molar-refractivity contribution < 1.29 is 14.8 Å². The minimum atomic E-state index is -0.540. The molecule has 1 fully saturated rings. The van der Waals surface area contributed by atoms with E-state index in [0.717, 1.165) is 25.7 Å². The Morgan fingerprint density at radius 2 is 2.25 bits per heavy atom. The highest BCUT2D eigenvalue weighted by atomic mass is 16.6. The molecule has 110 valence electrons. The highest BCUT2D eigenvalue weighted by Gasteiger charge is 2.28. The second-order valence-electron chi connectivity index (χ2n) is 5.29. The molecule has 0 aliphatic heterocycles. The molecular weight excluding hydrogens is 262 g/mol. The second kappa shape index (κ2) is 6.15. The van der Waals surface area contributed by atoms with E-state index in [1.807, 2.05) is 4.90 Å². The van der Waals surface area contributed by atoms with Gasteiger partial charge in [-0.05, 0) is 19.9 Å². The average molecular weight is 281 g/mol. The SMILES string of the molecule is CN(CC(=O)c1cc([N+](=O)[O-])c[nH]1)C1CCCCC1O. The van der Waals surface area contributed by atoms with Crippen molar-refractivity contribution in [1.82, 2.24) is 9.88 Å². The molecule has 2 rings (SSSR count). The lowest BCUT2D eigenvalue weighted by Crippen LogP contribution is -2.45. The minimum absolute atomic E-state index is 0.0161. The van der Waals surface area contributed by atoms with E-state index in [9.17, 15) is 20.0 Å². The van der Waals surface area contributed by atoms with E-state index in [4.69, 9.17) is 0 Å². The zero-order valence-corrected chi connectivity index (χ0v) is 11.4. The quantitative estimate of drug-likeness (QED) is 0.482. The molecule has 20 heavy (non-hydrogen) atoms. The standard InChI is InChI=1S/C13H19N3O4/c1-15(11-4-2-3-5-12(11)17)8-13(18)10-6-9(7-14-10)16(19)20/h6-7,11-12,14,17H,2-5,8H2,1H3. The van der Waals surface area contributed by atoms with Crippen molar-refractivity contribution in [2.24, 2.45) is 0 Å². The first-order valence-electron chi connectivity index (χ1n) is 6.73. The number of aliphatic hydroxyl groups is 1. The molecule has 2 unspecified atom stereocenters. The smallest absolute Gasteiger partial charge is 0.287 e. The topological polar surface area (TPSA) is 99.5 Å². The first-order chi connectivity index (χ1) is 9.49. The maximum Gasteiger partial charge on any atom is 0.287 e. The number of aromatic nitrogens is 1. The first-order valence-corrected chi connectivity index (χ1v) is 6.73. The van der Waals surface area contributed by atoms with Crippen LogP contribution in [0.3, 0.4) is 0 Å². The third-order valence-electron chi connectivity index (χ3n) is 3.83. The van der Waals surface area contributed by atoms with Gasteiger partial charge in [-0.1, -0.05) is 12.8 Å². The summed E-state index contributed by atoms with van der Waals surface area (Å²) in [7, 11) is 1.80. The third-order valence-corrected chi connectivity index (χ3v) is 3.83. The van der Waals surface area contributed by atoms with Gasteiger partial charge in [0.2, 0.25) is 0 Å². The maximum absolute atomic E-state index is 12.1. The Labute approximate surface area is 116 Å². The maximum atomic E-state index is 12.1. The number of Topliss-reactive ketones (excluding diaryl/α,β-unsaturated/α-hetero) is 1. The van der Waals surface area contributed by atoms with Gasteiger partial charge >= 0.3 is 0 Å². The van der Waals surface area contributed by atoms with Gasteiger partial charge in [-0.15, -0.1) is 0 Å². The Balaban J connectivity index is 1.97. The highest BCUT2D eigenvalue weighted by Crippen LogP contribution is 2.22. The van der Waals surface area contributed by atoms with E-state index in [0.29, 0.717) is 0 Å². The molecule has 1 saturated carbocycles. The minimum Gasteiger partial charge on any atom is -0.391 e. The number of hydrogen-bond donors (Lipinski definition) is 2. The van der Waals surface area contributed by atoms with Gasteiger partial charge in [-0.3, -0.25) is 19.8 Å². The van der Waals surface area contributed by atoms with Crippen molar-refractivity contribution >= 4 is 11.5 Å². The van der Waals surface area contributed by atoms with E-state index in [-0.39, 0.29) is 29.8 Å². The number of nitrogens with one attached hydrogen (secondary N) is 1. The van der Waals surface area contributed by atoms with Crippen LogP contribution in [0.1, 0.15) is 36.2 Å². The molecular formula is C13H19N3O4. The van der Waals surface area contributed by atoms with Gasteiger partial charge in [-0.2, -0.15) is 0 Å². The normalized spacial score (nSPS) is 22.9. The predicted molar refractivity (Wildman–Crippen MR) is 72.7 cm³/mol. The zero-order valence-electron chi connectivity index (χ0n) is 11.4. The molecule has 1 aromatic rings. The lowest BCUT2D eigenvalue weighted by Gasteiger charge is -2.34. The monoisotopic (exact) mass is 281 g/mol. The van der Waals surface area contributed by atoms with Crippen molar-refractivity contribution in [3.63, 3.8) is 0 Å². The van der Waals surface area contributed by atoms with Gasteiger partial charge in [0, 0.05) is 12.1 Å². The van der Waals surface area contributed by atoms with Crippen molar-refractivity contribution in [2.75, 3.05) is 13.6 Å².